The molecule has 1 fully saturated rings. The van der Waals surface area contributed by atoms with Crippen molar-refractivity contribution in [3.8, 4) is 11.1 Å². The van der Waals surface area contributed by atoms with Crippen LogP contribution in [0.25, 0.3) is 11.1 Å². The van der Waals surface area contributed by atoms with E-state index in [0.29, 0.717) is 33.9 Å². The van der Waals surface area contributed by atoms with Gasteiger partial charge in [0.25, 0.3) is 5.91 Å². The first kappa shape index (κ1) is 28.0. The van der Waals surface area contributed by atoms with Crippen LogP contribution in [0.1, 0.15) is 55.2 Å². The lowest BCUT2D eigenvalue weighted by molar-refractivity contribution is -0.145. The highest BCUT2D eigenvalue weighted by atomic mass is 35.5. The minimum absolute atomic E-state index is 0.00384. The van der Waals surface area contributed by atoms with Crippen LogP contribution in [0.2, 0.25) is 10.0 Å². The van der Waals surface area contributed by atoms with E-state index in [4.69, 9.17) is 27.9 Å². The number of piperidine rings is 1. The van der Waals surface area contributed by atoms with Gasteiger partial charge in [0.15, 0.2) is 0 Å². The number of nitrogens with one attached hydrogen (secondary N) is 4. The quantitative estimate of drug-likeness (QED) is 0.241. The van der Waals surface area contributed by atoms with Gasteiger partial charge < -0.3 is 25.7 Å². The first-order chi connectivity index (χ1) is 18.3. The molecule has 1 atom stereocenters. The highest BCUT2D eigenvalue weighted by Gasteiger charge is 2.22. The van der Waals surface area contributed by atoms with Gasteiger partial charge in [0.2, 0.25) is 0 Å². The van der Waals surface area contributed by atoms with E-state index in [1.165, 1.54) is 0 Å². The molecule has 3 heterocycles. The van der Waals surface area contributed by atoms with Gasteiger partial charge in [-0.25, -0.2) is 4.98 Å². The summed E-state index contributed by atoms with van der Waals surface area (Å²) in [5.74, 6) is 0.398. The third-order valence-electron chi connectivity index (χ3n) is 6.41. The predicted molar refractivity (Wildman–Crippen MR) is 151 cm³/mol. The average Bonchev–Trinajstić information content (AvgIpc) is 3.38. The molecule has 1 amide bonds. The maximum absolute atomic E-state index is 13.2. The van der Waals surface area contributed by atoms with Crippen molar-refractivity contribution in [1.29, 1.82) is 0 Å². The SMILES string of the molecule is CC(C)Nc1cc(-c2c[nH]c(C(=O)NC(COC(=O)CC3CCNCC3)c3cccc(Cl)c3)c2)c(Cl)cn1. The highest BCUT2D eigenvalue weighted by Crippen LogP contribution is 2.30. The third kappa shape index (κ3) is 7.72. The normalized spacial score (nSPS) is 14.8. The molecule has 0 aliphatic carbocycles. The van der Waals surface area contributed by atoms with Gasteiger partial charge in [0, 0.05) is 41.0 Å². The van der Waals surface area contributed by atoms with Crippen molar-refractivity contribution < 1.29 is 14.3 Å². The first-order valence-electron chi connectivity index (χ1n) is 12.8. The standard InChI is InChI=1S/C28H33Cl2N5O3/c1-17(2)34-26-13-22(23(30)15-33-26)20-12-24(32-14-20)28(37)35-25(19-4-3-5-21(29)11-19)16-38-27(36)10-18-6-8-31-9-7-18/h3-5,11-15,17-18,25,31-32H,6-10,16H2,1-2H3,(H,33,34)(H,35,37). The van der Waals surface area contributed by atoms with Gasteiger partial charge in [0.05, 0.1) is 11.1 Å². The molecule has 3 aromatic rings. The summed E-state index contributed by atoms with van der Waals surface area (Å²) in [6, 6.07) is 10.4. The third-order valence-corrected chi connectivity index (χ3v) is 6.95. The average molecular weight is 559 g/mol. The molecule has 0 saturated carbocycles. The fourth-order valence-corrected chi connectivity index (χ4v) is 4.86. The number of aromatic nitrogens is 2. The molecule has 2 aromatic heterocycles. The summed E-state index contributed by atoms with van der Waals surface area (Å²) < 4.78 is 5.61. The zero-order chi connectivity index (χ0) is 27.1. The number of nitrogens with zero attached hydrogens (tertiary/aromatic N) is 1. The summed E-state index contributed by atoms with van der Waals surface area (Å²) in [6.45, 7) is 5.88. The van der Waals surface area contributed by atoms with Gasteiger partial charge >= 0.3 is 5.97 Å². The van der Waals surface area contributed by atoms with E-state index in [1.807, 2.05) is 26.0 Å². The van der Waals surface area contributed by atoms with Gasteiger partial charge in [-0.05, 0) is 75.5 Å². The van der Waals surface area contributed by atoms with Gasteiger partial charge in [-0.3, -0.25) is 9.59 Å². The number of anilines is 1. The summed E-state index contributed by atoms with van der Waals surface area (Å²) in [5.41, 5.74) is 2.59. The Bertz CT molecular complexity index is 1260. The number of rotatable bonds is 10. The Morgan fingerprint density at radius 1 is 1.16 bits per heavy atom. The predicted octanol–water partition coefficient (Wildman–Crippen LogP) is 5.61. The number of pyridine rings is 1. The van der Waals surface area contributed by atoms with Crippen LogP contribution in [0.3, 0.4) is 0 Å². The van der Waals surface area contributed by atoms with Crippen molar-refractivity contribution in [2.24, 2.45) is 5.92 Å². The number of ether oxygens (including phenoxy) is 1. The number of benzene rings is 1. The zero-order valence-electron chi connectivity index (χ0n) is 21.5. The van der Waals surface area contributed by atoms with Crippen LogP contribution >= 0.6 is 23.2 Å². The first-order valence-corrected chi connectivity index (χ1v) is 13.6. The number of H-pyrrole nitrogens is 1. The molecule has 0 bridgehead atoms. The molecule has 4 N–H and O–H groups in total. The smallest absolute Gasteiger partial charge is 0.306 e. The molecule has 1 aliphatic rings. The molecule has 38 heavy (non-hydrogen) atoms. The number of aromatic amines is 1. The van der Waals surface area contributed by atoms with Gasteiger partial charge in [-0.1, -0.05) is 35.3 Å². The van der Waals surface area contributed by atoms with Crippen LogP contribution < -0.4 is 16.0 Å². The Kier molecular flexibility index (Phi) is 9.66. The number of carbonyl (C=O) groups is 2. The fraction of sp³-hybridized carbons (Fsp3) is 0.393. The lowest BCUT2D eigenvalue weighted by Gasteiger charge is -2.23. The second-order valence-corrected chi connectivity index (χ2v) is 10.7. The number of esters is 1. The van der Waals surface area contributed by atoms with E-state index in [0.717, 1.165) is 42.6 Å². The van der Waals surface area contributed by atoms with E-state index < -0.39 is 6.04 Å². The van der Waals surface area contributed by atoms with Crippen LogP contribution in [0.15, 0.2) is 48.8 Å². The van der Waals surface area contributed by atoms with E-state index in [9.17, 15) is 9.59 Å². The molecule has 10 heteroatoms. The number of carbonyl (C=O) groups excluding carboxylic acids is 2. The number of hydrogen-bond donors (Lipinski definition) is 4. The van der Waals surface area contributed by atoms with Gasteiger partial charge in [0.1, 0.15) is 18.1 Å². The summed E-state index contributed by atoms with van der Waals surface area (Å²) >= 11 is 12.6. The lowest BCUT2D eigenvalue weighted by Crippen LogP contribution is -2.33. The highest BCUT2D eigenvalue weighted by molar-refractivity contribution is 6.33. The number of hydrogen-bond acceptors (Lipinski definition) is 6. The Morgan fingerprint density at radius 3 is 2.68 bits per heavy atom. The molecular weight excluding hydrogens is 525 g/mol. The van der Waals surface area contributed by atoms with E-state index >= 15 is 0 Å². The zero-order valence-corrected chi connectivity index (χ0v) is 23.0. The number of amides is 1. The molecule has 1 unspecified atom stereocenters. The monoisotopic (exact) mass is 557 g/mol. The van der Waals surface area contributed by atoms with E-state index in [2.05, 4.69) is 25.9 Å². The second-order valence-electron chi connectivity index (χ2n) is 9.81. The summed E-state index contributed by atoms with van der Waals surface area (Å²) in [4.78, 5) is 33.1. The van der Waals surface area contributed by atoms with Crippen molar-refractivity contribution in [3.05, 3.63) is 70.1 Å². The Morgan fingerprint density at radius 2 is 1.95 bits per heavy atom. The van der Waals surface area contributed by atoms with Crippen LogP contribution in [0.5, 0.6) is 0 Å². The van der Waals surface area contributed by atoms with Crippen molar-refractivity contribution in [2.45, 2.75) is 45.2 Å². The Labute approximate surface area is 232 Å². The Balaban J connectivity index is 1.46. The minimum atomic E-state index is -0.573. The topological polar surface area (TPSA) is 108 Å². The van der Waals surface area contributed by atoms with E-state index in [1.54, 1.807) is 36.7 Å². The Hall–Kier alpha value is -3.07. The second kappa shape index (κ2) is 13.1. The summed E-state index contributed by atoms with van der Waals surface area (Å²) in [5, 5.41) is 10.5. The molecule has 8 nitrogen and oxygen atoms in total. The molecule has 4 rings (SSSR count). The largest absolute Gasteiger partial charge is 0.463 e. The minimum Gasteiger partial charge on any atom is -0.463 e. The maximum Gasteiger partial charge on any atom is 0.306 e. The maximum atomic E-state index is 13.2. The van der Waals surface area contributed by atoms with Crippen LogP contribution in [-0.4, -0.2) is 47.6 Å². The summed E-state index contributed by atoms with van der Waals surface area (Å²) in [7, 11) is 0. The van der Waals surface area contributed by atoms with Crippen molar-refractivity contribution in [1.82, 2.24) is 20.6 Å². The van der Waals surface area contributed by atoms with Crippen LogP contribution in [0, 0.1) is 5.92 Å². The van der Waals surface area contributed by atoms with E-state index in [-0.39, 0.29) is 24.5 Å². The van der Waals surface area contributed by atoms with Crippen LogP contribution in [-0.2, 0) is 9.53 Å². The number of halogens is 2. The lowest BCUT2D eigenvalue weighted by atomic mass is 9.95. The van der Waals surface area contributed by atoms with Gasteiger partial charge in [-0.15, -0.1) is 0 Å². The molecule has 1 saturated heterocycles. The molecule has 1 aromatic carbocycles. The summed E-state index contributed by atoms with van der Waals surface area (Å²) in [6.07, 6.45) is 5.59. The molecule has 0 spiro atoms. The van der Waals surface area contributed by atoms with Crippen molar-refractivity contribution in [3.63, 3.8) is 0 Å². The molecule has 1 aliphatic heterocycles. The molecule has 202 valence electrons. The van der Waals surface area contributed by atoms with Crippen molar-refractivity contribution in [2.75, 3.05) is 25.0 Å². The van der Waals surface area contributed by atoms with Gasteiger partial charge in [-0.2, -0.15) is 0 Å². The van der Waals surface area contributed by atoms with Crippen molar-refractivity contribution >= 4 is 40.9 Å². The molecule has 0 radical (unpaired) electrons. The molecular formula is C28H33Cl2N5O3. The fourth-order valence-electron chi connectivity index (χ4n) is 4.45. The van der Waals surface area contributed by atoms with Crippen LogP contribution in [0.4, 0.5) is 5.82 Å².